The fraction of sp³-hybridized carbons (Fsp3) is 0.214. The number of nitrogens with zero attached hydrogens (tertiary/aromatic N) is 2. The molecule has 0 saturated carbocycles. The number of aromatic carboxylic acids is 1. The molecule has 0 saturated heterocycles. The second-order valence-corrected chi connectivity index (χ2v) is 4.46. The van der Waals surface area contributed by atoms with Crippen LogP contribution < -0.4 is 0 Å². The number of hydrogen-bond acceptors (Lipinski definition) is 3. The molecule has 1 aromatic carbocycles. The highest BCUT2D eigenvalue weighted by molar-refractivity contribution is 6.09. The average Bonchev–Trinajstić information content (AvgIpc) is 2.72. The number of rotatable bonds is 2. The quantitative estimate of drug-likeness (QED) is 0.891. The molecule has 0 fully saturated rings. The molecule has 1 aromatic heterocycles. The summed E-state index contributed by atoms with van der Waals surface area (Å²) >= 11 is 0. The highest BCUT2D eigenvalue weighted by atomic mass is 16.4. The second-order valence-electron chi connectivity index (χ2n) is 4.46. The lowest BCUT2D eigenvalue weighted by atomic mass is 10.0. The van der Waals surface area contributed by atoms with E-state index in [2.05, 4.69) is 4.98 Å². The Hall–Kier alpha value is -2.43. The molecule has 2 aromatic rings. The van der Waals surface area contributed by atoms with Gasteiger partial charge in [-0.3, -0.25) is 4.79 Å². The van der Waals surface area contributed by atoms with Crippen molar-refractivity contribution in [3.8, 4) is 0 Å². The fourth-order valence-corrected chi connectivity index (χ4v) is 2.49. The van der Waals surface area contributed by atoms with E-state index in [0.29, 0.717) is 29.6 Å². The third kappa shape index (κ3) is 1.58. The maximum absolute atomic E-state index is 12.1. The van der Waals surface area contributed by atoms with Crippen molar-refractivity contribution in [3.63, 3.8) is 0 Å². The van der Waals surface area contributed by atoms with E-state index in [1.54, 1.807) is 29.2 Å². The van der Waals surface area contributed by atoms with E-state index in [-0.39, 0.29) is 17.2 Å². The lowest BCUT2D eigenvalue weighted by Crippen LogP contribution is -2.23. The van der Waals surface area contributed by atoms with Crippen LogP contribution in [0.15, 0.2) is 24.3 Å². The lowest BCUT2D eigenvalue weighted by Gasteiger charge is -2.10. The molecular formula is C14H12N2O3. The number of pyridine rings is 1. The summed E-state index contributed by atoms with van der Waals surface area (Å²) in [6, 6.07) is 7.01. The highest BCUT2D eigenvalue weighted by Crippen LogP contribution is 2.30. The topological polar surface area (TPSA) is 70.5 Å². The van der Waals surface area contributed by atoms with Gasteiger partial charge in [0.1, 0.15) is 5.69 Å². The monoisotopic (exact) mass is 256 g/mol. The molecule has 1 amide bonds. The van der Waals surface area contributed by atoms with Crippen LogP contribution in [0.4, 0.5) is 0 Å². The average molecular weight is 256 g/mol. The van der Waals surface area contributed by atoms with Crippen molar-refractivity contribution < 1.29 is 14.7 Å². The van der Waals surface area contributed by atoms with Crippen molar-refractivity contribution in [1.82, 2.24) is 9.88 Å². The molecule has 0 bridgehead atoms. The number of carbonyl (C=O) groups excluding carboxylic acids is 1. The zero-order valence-electron chi connectivity index (χ0n) is 10.4. The highest BCUT2D eigenvalue weighted by Gasteiger charge is 2.33. The summed E-state index contributed by atoms with van der Waals surface area (Å²) in [5.74, 6) is -1.20. The number of para-hydroxylation sites is 1. The Kier molecular flexibility index (Phi) is 2.48. The molecule has 96 valence electrons. The zero-order chi connectivity index (χ0) is 13.6. The predicted molar refractivity (Wildman–Crippen MR) is 69.1 cm³/mol. The molecule has 19 heavy (non-hydrogen) atoms. The van der Waals surface area contributed by atoms with Crippen LogP contribution >= 0.6 is 0 Å². The summed E-state index contributed by atoms with van der Waals surface area (Å²) < 4.78 is 0. The van der Waals surface area contributed by atoms with Crippen molar-refractivity contribution in [1.29, 1.82) is 0 Å². The molecule has 3 rings (SSSR count). The molecule has 0 atom stereocenters. The molecule has 5 heteroatoms. The van der Waals surface area contributed by atoms with Crippen LogP contribution in [-0.4, -0.2) is 33.4 Å². The van der Waals surface area contributed by atoms with Gasteiger partial charge in [0.25, 0.3) is 5.91 Å². The molecule has 1 N–H and O–H groups in total. The van der Waals surface area contributed by atoms with Crippen LogP contribution in [0.2, 0.25) is 0 Å². The Morgan fingerprint density at radius 3 is 2.84 bits per heavy atom. The Balaban J connectivity index is 2.37. The van der Waals surface area contributed by atoms with Crippen LogP contribution in [0.1, 0.15) is 33.3 Å². The van der Waals surface area contributed by atoms with E-state index in [9.17, 15) is 14.7 Å². The normalized spacial score (nSPS) is 13.9. The number of amides is 1. The lowest BCUT2D eigenvalue weighted by molar-refractivity contribution is 0.0694. The molecule has 2 heterocycles. The van der Waals surface area contributed by atoms with Crippen molar-refractivity contribution in [2.45, 2.75) is 13.5 Å². The molecular weight excluding hydrogens is 244 g/mol. The number of aromatic nitrogens is 1. The second kappa shape index (κ2) is 4.05. The number of carboxylic acids is 1. The minimum absolute atomic E-state index is 0.189. The first-order valence-electron chi connectivity index (χ1n) is 6.07. The van der Waals surface area contributed by atoms with Gasteiger partial charge < -0.3 is 10.0 Å². The van der Waals surface area contributed by atoms with Crippen LogP contribution in [0.3, 0.4) is 0 Å². The predicted octanol–water partition coefficient (Wildman–Crippen LogP) is 1.91. The standard InChI is InChI=1S/C14H12N2O3/c1-2-16-7-9-11(14(18)19)8-5-3-4-6-10(8)15-12(9)13(16)17/h3-6H,2,7H2,1H3,(H,18,19). The molecule has 0 unspecified atom stereocenters. The first-order chi connectivity index (χ1) is 9.13. The van der Waals surface area contributed by atoms with Crippen molar-refractivity contribution in [2.24, 2.45) is 0 Å². The van der Waals surface area contributed by atoms with Crippen molar-refractivity contribution >= 4 is 22.8 Å². The third-order valence-electron chi connectivity index (χ3n) is 3.43. The third-order valence-corrected chi connectivity index (χ3v) is 3.43. The first-order valence-corrected chi connectivity index (χ1v) is 6.07. The van der Waals surface area contributed by atoms with Gasteiger partial charge in [-0.25, -0.2) is 9.78 Å². The molecule has 1 aliphatic rings. The number of carboxylic acid groups (broad SMARTS) is 1. The summed E-state index contributed by atoms with van der Waals surface area (Å²) in [6.07, 6.45) is 0. The Bertz CT molecular complexity index is 709. The van der Waals surface area contributed by atoms with Gasteiger partial charge in [0.2, 0.25) is 0 Å². The number of benzene rings is 1. The van der Waals surface area contributed by atoms with Gasteiger partial charge in [0, 0.05) is 24.0 Å². The summed E-state index contributed by atoms with van der Waals surface area (Å²) in [5, 5.41) is 10.0. The van der Waals surface area contributed by atoms with Crippen molar-refractivity contribution in [2.75, 3.05) is 6.54 Å². The van der Waals surface area contributed by atoms with E-state index in [1.807, 2.05) is 6.92 Å². The molecule has 5 nitrogen and oxygen atoms in total. The summed E-state index contributed by atoms with van der Waals surface area (Å²) in [5.41, 5.74) is 1.55. The summed E-state index contributed by atoms with van der Waals surface area (Å²) in [6.45, 7) is 2.73. The Morgan fingerprint density at radius 2 is 2.16 bits per heavy atom. The Labute approximate surface area is 109 Å². The van der Waals surface area contributed by atoms with Gasteiger partial charge in [0.05, 0.1) is 11.1 Å². The van der Waals surface area contributed by atoms with Gasteiger partial charge in [-0.15, -0.1) is 0 Å². The van der Waals surface area contributed by atoms with Crippen LogP contribution in [0.25, 0.3) is 10.9 Å². The van der Waals surface area contributed by atoms with E-state index >= 15 is 0 Å². The SMILES string of the molecule is CCN1Cc2c(nc3ccccc3c2C(=O)O)C1=O. The zero-order valence-corrected chi connectivity index (χ0v) is 10.4. The summed E-state index contributed by atoms with van der Waals surface area (Å²) in [7, 11) is 0. The summed E-state index contributed by atoms with van der Waals surface area (Å²) in [4.78, 5) is 29.6. The Morgan fingerprint density at radius 1 is 1.42 bits per heavy atom. The smallest absolute Gasteiger partial charge is 0.336 e. The number of carbonyl (C=O) groups is 2. The van der Waals surface area contributed by atoms with E-state index in [1.165, 1.54) is 0 Å². The van der Waals surface area contributed by atoms with Gasteiger partial charge in [-0.1, -0.05) is 18.2 Å². The van der Waals surface area contributed by atoms with Gasteiger partial charge >= 0.3 is 5.97 Å². The maximum atomic E-state index is 12.1. The number of hydrogen-bond donors (Lipinski definition) is 1. The molecule has 0 radical (unpaired) electrons. The van der Waals surface area contributed by atoms with Gasteiger partial charge in [-0.05, 0) is 13.0 Å². The van der Waals surface area contributed by atoms with Crippen LogP contribution in [0, 0.1) is 0 Å². The van der Waals surface area contributed by atoms with Gasteiger partial charge in [-0.2, -0.15) is 0 Å². The van der Waals surface area contributed by atoms with Crippen molar-refractivity contribution in [3.05, 3.63) is 41.1 Å². The fourth-order valence-electron chi connectivity index (χ4n) is 2.49. The van der Waals surface area contributed by atoms with Crippen LogP contribution in [0.5, 0.6) is 0 Å². The minimum atomic E-state index is -1.01. The first kappa shape index (κ1) is 11.6. The van der Waals surface area contributed by atoms with Crippen LogP contribution in [-0.2, 0) is 6.54 Å². The maximum Gasteiger partial charge on any atom is 0.336 e. The largest absolute Gasteiger partial charge is 0.478 e. The minimum Gasteiger partial charge on any atom is -0.478 e. The number of fused-ring (bicyclic) bond motifs is 2. The molecule has 1 aliphatic heterocycles. The van der Waals surface area contributed by atoms with E-state index < -0.39 is 5.97 Å². The molecule has 0 spiro atoms. The van der Waals surface area contributed by atoms with E-state index in [4.69, 9.17) is 0 Å². The molecule has 0 aliphatic carbocycles. The van der Waals surface area contributed by atoms with Gasteiger partial charge in [0.15, 0.2) is 0 Å². The van der Waals surface area contributed by atoms with E-state index in [0.717, 1.165) is 0 Å².